The van der Waals surface area contributed by atoms with E-state index >= 15 is 0 Å². The summed E-state index contributed by atoms with van der Waals surface area (Å²) in [6.07, 6.45) is -0.886. The van der Waals surface area contributed by atoms with E-state index in [2.05, 4.69) is 0 Å². The van der Waals surface area contributed by atoms with Gasteiger partial charge in [0.15, 0.2) is 0 Å². The highest BCUT2D eigenvalue weighted by atomic mass is 35.5. The summed E-state index contributed by atoms with van der Waals surface area (Å²) in [5, 5.41) is 11.4. The zero-order valence-corrected chi connectivity index (χ0v) is 13.1. The number of hydrogen-bond acceptors (Lipinski definition) is 4. The summed E-state index contributed by atoms with van der Waals surface area (Å²) in [6.45, 7) is 1.47. The molecule has 0 unspecified atom stereocenters. The molecule has 0 aliphatic carbocycles. The Kier molecular flexibility index (Phi) is 5.66. The van der Waals surface area contributed by atoms with Crippen LogP contribution in [0.25, 0.3) is 0 Å². The number of methoxy groups -OCH3 is 1. The highest BCUT2D eigenvalue weighted by molar-refractivity contribution is 6.42. The van der Waals surface area contributed by atoms with Gasteiger partial charge in [-0.05, 0) is 18.7 Å². The SMILES string of the molecule is CO[C@@H]1COC[C@@H](N(C)Cc2cccc(Cl)c2Cl)[C@@H]1O. The molecule has 0 spiro atoms. The van der Waals surface area contributed by atoms with E-state index in [1.807, 2.05) is 24.1 Å². The highest BCUT2D eigenvalue weighted by Crippen LogP contribution is 2.27. The van der Waals surface area contributed by atoms with Crippen LogP contribution >= 0.6 is 23.2 Å². The van der Waals surface area contributed by atoms with Gasteiger partial charge in [-0.3, -0.25) is 4.90 Å². The first-order valence-corrected chi connectivity index (χ1v) is 7.22. The third-order valence-electron chi connectivity index (χ3n) is 3.67. The topological polar surface area (TPSA) is 41.9 Å². The number of halogens is 2. The highest BCUT2D eigenvalue weighted by Gasteiger charge is 2.35. The molecule has 2 rings (SSSR count). The van der Waals surface area contributed by atoms with Crippen molar-refractivity contribution in [3.05, 3.63) is 33.8 Å². The van der Waals surface area contributed by atoms with Crippen molar-refractivity contribution in [1.29, 1.82) is 0 Å². The lowest BCUT2D eigenvalue weighted by Gasteiger charge is -2.39. The first kappa shape index (κ1) is 16.0. The van der Waals surface area contributed by atoms with Gasteiger partial charge < -0.3 is 14.6 Å². The molecule has 0 amide bonds. The minimum atomic E-state index is -0.586. The van der Waals surface area contributed by atoms with Crippen LogP contribution in [0, 0.1) is 0 Å². The summed E-state index contributed by atoms with van der Waals surface area (Å²) in [7, 11) is 3.50. The van der Waals surface area contributed by atoms with Crippen molar-refractivity contribution in [3.8, 4) is 0 Å². The number of nitrogens with zero attached hydrogens (tertiary/aromatic N) is 1. The van der Waals surface area contributed by atoms with Crippen LogP contribution in [0.15, 0.2) is 18.2 Å². The molecule has 1 aromatic carbocycles. The molecule has 1 heterocycles. The molecule has 1 N–H and O–H groups in total. The van der Waals surface area contributed by atoms with Gasteiger partial charge >= 0.3 is 0 Å². The second-order valence-corrected chi connectivity index (χ2v) is 5.78. The summed E-state index contributed by atoms with van der Waals surface area (Å²) < 4.78 is 10.7. The number of hydrogen-bond donors (Lipinski definition) is 1. The van der Waals surface area contributed by atoms with Gasteiger partial charge in [0.05, 0.1) is 29.3 Å². The molecule has 1 saturated heterocycles. The Morgan fingerprint density at radius 2 is 2.15 bits per heavy atom. The van der Waals surface area contributed by atoms with Crippen molar-refractivity contribution in [1.82, 2.24) is 4.90 Å². The Morgan fingerprint density at radius 1 is 1.40 bits per heavy atom. The first-order valence-electron chi connectivity index (χ1n) is 6.46. The molecule has 1 aliphatic heterocycles. The van der Waals surface area contributed by atoms with Gasteiger partial charge in [0, 0.05) is 13.7 Å². The van der Waals surface area contributed by atoms with Crippen molar-refractivity contribution in [2.75, 3.05) is 27.4 Å². The molecule has 1 aromatic rings. The largest absolute Gasteiger partial charge is 0.389 e. The van der Waals surface area contributed by atoms with Gasteiger partial charge in [-0.2, -0.15) is 0 Å². The predicted molar refractivity (Wildman–Crippen MR) is 79.3 cm³/mol. The van der Waals surface area contributed by atoms with Crippen LogP contribution in [0.1, 0.15) is 5.56 Å². The standard InChI is InChI=1S/C14H19Cl2NO3/c1-17(6-9-4-3-5-10(15)13(9)16)11-7-20-8-12(19-2)14(11)18/h3-5,11-12,14,18H,6-8H2,1-2H3/t11-,12-,14+/m1/s1. The molecule has 0 aromatic heterocycles. The Labute approximate surface area is 129 Å². The number of aliphatic hydroxyl groups is 1. The monoisotopic (exact) mass is 319 g/mol. The van der Waals surface area contributed by atoms with Crippen LogP contribution < -0.4 is 0 Å². The van der Waals surface area contributed by atoms with Crippen molar-refractivity contribution in [2.24, 2.45) is 0 Å². The average molecular weight is 320 g/mol. The van der Waals surface area contributed by atoms with Crippen molar-refractivity contribution in [2.45, 2.75) is 24.8 Å². The van der Waals surface area contributed by atoms with Crippen LogP contribution in [-0.4, -0.2) is 55.6 Å². The first-order chi connectivity index (χ1) is 9.54. The minimum absolute atomic E-state index is 0.135. The zero-order chi connectivity index (χ0) is 14.7. The number of likely N-dealkylation sites (N-methyl/N-ethyl adjacent to an activating group) is 1. The van der Waals surface area contributed by atoms with Crippen LogP contribution in [0.4, 0.5) is 0 Å². The predicted octanol–water partition coefficient (Wildman–Crippen LogP) is 2.20. The van der Waals surface area contributed by atoms with E-state index in [4.69, 9.17) is 32.7 Å². The Balaban J connectivity index is 2.07. The van der Waals surface area contributed by atoms with Gasteiger partial charge in [0.1, 0.15) is 12.2 Å². The van der Waals surface area contributed by atoms with Gasteiger partial charge in [-0.1, -0.05) is 35.3 Å². The third kappa shape index (κ3) is 3.45. The second kappa shape index (κ2) is 7.07. The number of benzene rings is 1. The fourth-order valence-corrected chi connectivity index (χ4v) is 2.78. The van der Waals surface area contributed by atoms with Crippen LogP contribution in [0.3, 0.4) is 0 Å². The normalized spacial score (nSPS) is 27.0. The maximum Gasteiger partial charge on any atom is 0.108 e. The van der Waals surface area contributed by atoms with E-state index in [0.29, 0.717) is 29.8 Å². The van der Waals surface area contributed by atoms with E-state index in [-0.39, 0.29) is 12.1 Å². The van der Waals surface area contributed by atoms with E-state index in [1.165, 1.54) is 0 Å². The minimum Gasteiger partial charge on any atom is -0.389 e. The molecule has 0 saturated carbocycles. The maximum atomic E-state index is 10.3. The average Bonchev–Trinajstić information content (AvgIpc) is 2.44. The van der Waals surface area contributed by atoms with Crippen molar-refractivity contribution < 1.29 is 14.6 Å². The molecule has 4 nitrogen and oxygen atoms in total. The molecule has 20 heavy (non-hydrogen) atoms. The van der Waals surface area contributed by atoms with Gasteiger partial charge in [-0.15, -0.1) is 0 Å². The maximum absolute atomic E-state index is 10.3. The zero-order valence-electron chi connectivity index (χ0n) is 11.6. The molecule has 3 atom stereocenters. The lowest BCUT2D eigenvalue weighted by Crippen LogP contribution is -2.55. The van der Waals surface area contributed by atoms with Crippen LogP contribution in [-0.2, 0) is 16.0 Å². The second-order valence-electron chi connectivity index (χ2n) is 5.00. The molecule has 0 bridgehead atoms. The number of rotatable bonds is 4. The summed E-state index contributed by atoms with van der Waals surface area (Å²) in [4.78, 5) is 2.01. The number of aliphatic hydroxyl groups excluding tert-OH is 1. The van der Waals surface area contributed by atoms with E-state index in [1.54, 1.807) is 13.2 Å². The van der Waals surface area contributed by atoms with E-state index in [9.17, 15) is 5.11 Å². The van der Waals surface area contributed by atoms with Gasteiger partial charge in [0.25, 0.3) is 0 Å². The molecule has 6 heteroatoms. The van der Waals surface area contributed by atoms with E-state index < -0.39 is 6.10 Å². The summed E-state index contributed by atoms with van der Waals surface area (Å²) in [5.74, 6) is 0. The fraction of sp³-hybridized carbons (Fsp3) is 0.571. The number of ether oxygens (including phenoxy) is 2. The lowest BCUT2D eigenvalue weighted by molar-refractivity contribution is -0.142. The van der Waals surface area contributed by atoms with Crippen molar-refractivity contribution >= 4 is 23.2 Å². The summed E-state index contributed by atoms with van der Waals surface area (Å²) >= 11 is 12.2. The van der Waals surface area contributed by atoms with Crippen LogP contribution in [0.5, 0.6) is 0 Å². The Bertz CT molecular complexity index is 458. The molecule has 1 aliphatic rings. The van der Waals surface area contributed by atoms with Gasteiger partial charge in [0.2, 0.25) is 0 Å². The van der Waals surface area contributed by atoms with Crippen molar-refractivity contribution in [3.63, 3.8) is 0 Å². The fourth-order valence-electron chi connectivity index (χ4n) is 2.40. The third-order valence-corrected chi connectivity index (χ3v) is 4.52. The van der Waals surface area contributed by atoms with E-state index in [0.717, 1.165) is 5.56 Å². The lowest BCUT2D eigenvalue weighted by atomic mass is 10.0. The smallest absolute Gasteiger partial charge is 0.108 e. The molecular formula is C14H19Cl2NO3. The quantitative estimate of drug-likeness (QED) is 0.923. The molecule has 0 radical (unpaired) electrons. The Morgan fingerprint density at radius 3 is 2.85 bits per heavy atom. The van der Waals surface area contributed by atoms with Gasteiger partial charge in [-0.25, -0.2) is 0 Å². The van der Waals surface area contributed by atoms with Crippen LogP contribution in [0.2, 0.25) is 10.0 Å². The summed E-state index contributed by atoms with van der Waals surface area (Å²) in [5.41, 5.74) is 0.924. The molecule has 1 fully saturated rings. The molecule has 112 valence electrons. The molecular weight excluding hydrogens is 301 g/mol. The Hall–Kier alpha value is -0.360. The summed E-state index contributed by atoms with van der Waals surface area (Å²) in [6, 6.07) is 5.41.